The summed E-state index contributed by atoms with van der Waals surface area (Å²) in [5.41, 5.74) is 1.46. The molecule has 0 saturated carbocycles. The van der Waals surface area contributed by atoms with Gasteiger partial charge in [0.1, 0.15) is 6.54 Å². The van der Waals surface area contributed by atoms with Crippen molar-refractivity contribution in [2.75, 3.05) is 0 Å². The molecule has 2 aromatic rings. The number of alkyl halides is 3. The van der Waals surface area contributed by atoms with E-state index in [0.717, 1.165) is 10.9 Å². The molecule has 0 aliphatic carbocycles. The number of halogens is 3. The number of para-hydroxylation sites is 1. The molecule has 1 aromatic heterocycles. The molecular formula is C15H19F3N2. The minimum Gasteiger partial charge on any atom is -0.338 e. The number of aromatic nitrogens is 1. The molecule has 0 aliphatic heterocycles. The summed E-state index contributed by atoms with van der Waals surface area (Å²) < 4.78 is 39.1. The molecule has 0 atom stereocenters. The van der Waals surface area contributed by atoms with Crippen molar-refractivity contribution in [3.05, 3.63) is 36.0 Å². The maximum atomic E-state index is 12.6. The topological polar surface area (TPSA) is 17.0 Å². The monoisotopic (exact) mass is 284 g/mol. The highest BCUT2D eigenvalue weighted by Gasteiger charge is 2.28. The standard InChI is InChI=1S/C15H19F3N2/c1-14(2,3)19-9-12-6-4-5-11-7-8-20(13(11)12)10-15(16,17)18/h4-8,19H,9-10H2,1-3H3. The van der Waals surface area contributed by atoms with E-state index in [2.05, 4.69) is 5.32 Å². The van der Waals surface area contributed by atoms with Crippen LogP contribution in [0.15, 0.2) is 30.5 Å². The maximum absolute atomic E-state index is 12.6. The number of hydrogen-bond acceptors (Lipinski definition) is 1. The first-order chi connectivity index (χ1) is 9.16. The highest BCUT2D eigenvalue weighted by molar-refractivity contribution is 5.83. The summed E-state index contributed by atoms with van der Waals surface area (Å²) in [6.07, 6.45) is -2.71. The van der Waals surface area contributed by atoms with Gasteiger partial charge in [-0.1, -0.05) is 18.2 Å². The van der Waals surface area contributed by atoms with Crippen molar-refractivity contribution < 1.29 is 13.2 Å². The van der Waals surface area contributed by atoms with Crippen molar-refractivity contribution in [2.24, 2.45) is 0 Å². The van der Waals surface area contributed by atoms with E-state index in [1.54, 1.807) is 6.07 Å². The van der Waals surface area contributed by atoms with Gasteiger partial charge in [0.15, 0.2) is 0 Å². The van der Waals surface area contributed by atoms with Crippen LogP contribution in [0.25, 0.3) is 10.9 Å². The first-order valence-corrected chi connectivity index (χ1v) is 6.54. The number of rotatable bonds is 3. The van der Waals surface area contributed by atoms with Crippen LogP contribution in [0.1, 0.15) is 26.3 Å². The summed E-state index contributed by atoms with van der Waals surface area (Å²) in [4.78, 5) is 0. The Morgan fingerprint density at radius 3 is 2.40 bits per heavy atom. The smallest absolute Gasteiger partial charge is 0.338 e. The molecule has 110 valence electrons. The summed E-state index contributed by atoms with van der Waals surface area (Å²) >= 11 is 0. The summed E-state index contributed by atoms with van der Waals surface area (Å²) in [7, 11) is 0. The Morgan fingerprint density at radius 2 is 1.80 bits per heavy atom. The molecular weight excluding hydrogens is 265 g/mol. The van der Waals surface area contributed by atoms with Crippen molar-refractivity contribution in [1.29, 1.82) is 0 Å². The predicted octanol–water partition coefficient (Wildman–Crippen LogP) is 4.09. The molecule has 2 rings (SSSR count). The van der Waals surface area contributed by atoms with Crippen LogP contribution in [0, 0.1) is 0 Å². The highest BCUT2D eigenvalue weighted by atomic mass is 19.4. The van der Waals surface area contributed by atoms with Gasteiger partial charge in [-0.05, 0) is 37.8 Å². The van der Waals surface area contributed by atoms with Crippen LogP contribution in [0.2, 0.25) is 0 Å². The molecule has 1 N–H and O–H groups in total. The minimum atomic E-state index is -4.21. The highest BCUT2D eigenvalue weighted by Crippen LogP contribution is 2.25. The van der Waals surface area contributed by atoms with Gasteiger partial charge in [0.05, 0.1) is 5.52 Å². The lowest BCUT2D eigenvalue weighted by atomic mass is 10.1. The molecule has 0 aliphatic rings. The number of fused-ring (bicyclic) bond motifs is 1. The molecule has 0 radical (unpaired) electrons. The van der Waals surface area contributed by atoms with Gasteiger partial charge in [-0.25, -0.2) is 0 Å². The van der Waals surface area contributed by atoms with Gasteiger partial charge in [0, 0.05) is 18.3 Å². The predicted molar refractivity (Wildman–Crippen MR) is 74.6 cm³/mol. The van der Waals surface area contributed by atoms with Crippen molar-refractivity contribution in [1.82, 2.24) is 9.88 Å². The average Bonchev–Trinajstić information content (AvgIpc) is 2.67. The van der Waals surface area contributed by atoms with Crippen LogP contribution >= 0.6 is 0 Å². The van der Waals surface area contributed by atoms with Gasteiger partial charge < -0.3 is 9.88 Å². The van der Waals surface area contributed by atoms with E-state index in [0.29, 0.717) is 12.1 Å². The summed E-state index contributed by atoms with van der Waals surface area (Å²) in [5.74, 6) is 0. The van der Waals surface area contributed by atoms with E-state index in [1.807, 2.05) is 39.0 Å². The molecule has 1 aromatic carbocycles. The second-order valence-electron chi connectivity index (χ2n) is 6.02. The largest absolute Gasteiger partial charge is 0.406 e. The van der Waals surface area contributed by atoms with Gasteiger partial charge in [-0.3, -0.25) is 0 Å². The first-order valence-electron chi connectivity index (χ1n) is 6.54. The van der Waals surface area contributed by atoms with E-state index >= 15 is 0 Å². The van der Waals surface area contributed by atoms with E-state index in [4.69, 9.17) is 0 Å². The zero-order valence-electron chi connectivity index (χ0n) is 11.9. The van der Waals surface area contributed by atoms with Crippen molar-refractivity contribution >= 4 is 10.9 Å². The molecule has 0 unspecified atom stereocenters. The zero-order valence-corrected chi connectivity index (χ0v) is 11.9. The Morgan fingerprint density at radius 1 is 1.10 bits per heavy atom. The van der Waals surface area contributed by atoms with Crippen molar-refractivity contribution in [2.45, 2.75) is 45.6 Å². The van der Waals surface area contributed by atoms with E-state index < -0.39 is 12.7 Å². The molecule has 0 saturated heterocycles. The number of nitrogens with one attached hydrogen (secondary N) is 1. The van der Waals surface area contributed by atoms with Crippen LogP contribution in [0.5, 0.6) is 0 Å². The Bertz CT molecular complexity index is 591. The third-order valence-corrected chi connectivity index (χ3v) is 3.03. The fourth-order valence-corrected chi connectivity index (χ4v) is 2.17. The maximum Gasteiger partial charge on any atom is 0.406 e. The van der Waals surface area contributed by atoms with Crippen LogP contribution in [0.4, 0.5) is 13.2 Å². The second kappa shape index (κ2) is 5.13. The van der Waals surface area contributed by atoms with E-state index in [9.17, 15) is 13.2 Å². The quantitative estimate of drug-likeness (QED) is 0.898. The second-order valence-corrected chi connectivity index (χ2v) is 6.02. The number of hydrogen-bond donors (Lipinski definition) is 1. The Hall–Kier alpha value is -1.49. The van der Waals surface area contributed by atoms with Crippen LogP contribution in [-0.2, 0) is 13.1 Å². The molecule has 2 nitrogen and oxygen atoms in total. The summed E-state index contributed by atoms with van der Waals surface area (Å²) in [6, 6.07) is 7.30. The molecule has 0 spiro atoms. The van der Waals surface area contributed by atoms with Gasteiger partial charge in [0.2, 0.25) is 0 Å². The lowest BCUT2D eigenvalue weighted by molar-refractivity contribution is -0.139. The zero-order chi connectivity index (χ0) is 15.0. The van der Waals surface area contributed by atoms with Gasteiger partial charge >= 0.3 is 6.18 Å². The van der Waals surface area contributed by atoms with Gasteiger partial charge in [-0.15, -0.1) is 0 Å². The summed E-state index contributed by atoms with van der Waals surface area (Å²) in [6.45, 7) is 5.68. The van der Waals surface area contributed by atoms with Crippen molar-refractivity contribution in [3.8, 4) is 0 Å². The fraction of sp³-hybridized carbons (Fsp3) is 0.467. The van der Waals surface area contributed by atoms with E-state index in [-0.39, 0.29) is 5.54 Å². The Balaban J connectivity index is 2.36. The molecule has 20 heavy (non-hydrogen) atoms. The Kier molecular flexibility index (Phi) is 3.82. The minimum absolute atomic E-state index is 0.0797. The number of benzene rings is 1. The third kappa shape index (κ3) is 3.76. The molecule has 5 heteroatoms. The van der Waals surface area contributed by atoms with Crippen LogP contribution in [-0.4, -0.2) is 16.3 Å². The van der Waals surface area contributed by atoms with Gasteiger partial charge in [0.25, 0.3) is 0 Å². The molecule has 1 heterocycles. The lowest BCUT2D eigenvalue weighted by Crippen LogP contribution is -2.35. The lowest BCUT2D eigenvalue weighted by Gasteiger charge is -2.21. The third-order valence-electron chi connectivity index (χ3n) is 3.03. The molecule has 0 amide bonds. The Labute approximate surface area is 116 Å². The van der Waals surface area contributed by atoms with Crippen LogP contribution < -0.4 is 5.32 Å². The summed E-state index contributed by atoms with van der Waals surface area (Å²) in [5, 5.41) is 4.15. The number of nitrogens with zero attached hydrogens (tertiary/aromatic N) is 1. The molecule has 0 bridgehead atoms. The van der Waals surface area contributed by atoms with Crippen LogP contribution in [0.3, 0.4) is 0 Å². The van der Waals surface area contributed by atoms with E-state index in [1.165, 1.54) is 10.8 Å². The van der Waals surface area contributed by atoms with Gasteiger partial charge in [-0.2, -0.15) is 13.2 Å². The first kappa shape index (κ1) is 14.9. The van der Waals surface area contributed by atoms with Crippen molar-refractivity contribution in [3.63, 3.8) is 0 Å². The fourth-order valence-electron chi connectivity index (χ4n) is 2.17. The molecule has 0 fully saturated rings. The normalized spacial score (nSPS) is 13.1. The average molecular weight is 284 g/mol. The SMILES string of the molecule is CC(C)(C)NCc1cccc2ccn(CC(F)(F)F)c12.